The van der Waals surface area contributed by atoms with E-state index in [1.807, 2.05) is 131 Å². The lowest BCUT2D eigenvalue weighted by Gasteiger charge is -2.28. The lowest BCUT2D eigenvalue weighted by atomic mass is 9.78. The van der Waals surface area contributed by atoms with Crippen LogP contribution in [0.1, 0.15) is 275 Å². The van der Waals surface area contributed by atoms with Crippen LogP contribution >= 0.6 is 0 Å². The molecule has 0 aliphatic rings. The summed E-state index contributed by atoms with van der Waals surface area (Å²) in [6.07, 6.45) is 17.1. The summed E-state index contributed by atoms with van der Waals surface area (Å²) in [5, 5.41) is 105. The van der Waals surface area contributed by atoms with Crippen LogP contribution in [0.3, 0.4) is 0 Å². The molecule has 7 heterocycles. The maximum absolute atomic E-state index is 12.7. The van der Waals surface area contributed by atoms with Crippen LogP contribution in [-0.2, 0) is 32.5 Å². The summed E-state index contributed by atoms with van der Waals surface area (Å²) in [7, 11) is 0. The minimum atomic E-state index is -0.299. The first-order valence-corrected chi connectivity index (χ1v) is 46.0. The van der Waals surface area contributed by atoms with E-state index in [1.165, 1.54) is 24.8 Å². The molecule has 0 spiro atoms. The number of carbonyl (C=O) groups is 7. The quantitative estimate of drug-likeness (QED) is 0.0481. The molecular weight excluding hydrogens is 1820 g/mol. The van der Waals surface area contributed by atoms with Gasteiger partial charge in [0.2, 0.25) is 11.9 Å². The van der Waals surface area contributed by atoms with Gasteiger partial charge in [-0.2, -0.15) is 10.2 Å². The number of nitrogens with one attached hydrogen (secondary N) is 7. The molecule has 7 amide bonds. The number of phenols is 7. The third-order valence-electron chi connectivity index (χ3n) is 21.8. The first-order chi connectivity index (χ1) is 67.3. The second-order valence-electron chi connectivity index (χ2n) is 40.2. The number of aromatic hydroxyl groups is 7. The fourth-order valence-electron chi connectivity index (χ4n) is 14.1. The highest BCUT2D eigenvalue weighted by Crippen LogP contribution is 2.44. The molecule has 0 atom stereocenters. The summed E-state index contributed by atoms with van der Waals surface area (Å²) in [6.45, 7) is 50.3. The van der Waals surface area contributed by atoms with Gasteiger partial charge in [-0.05, 0) is 278 Å². The zero-order valence-corrected chi connectivity index (χ0v) is 86.2. The predicted octanol–water partition coefficient (Wildman–Crippen LogP) is 21.5. The summed E-state index contributed by atoms with van der Waals surface area (Å²) in [5.74, 6) is 2.46. The van der Waals surface area contributed by atoms with Crippen molar-refractivity contribution in [2.75, 3.05) is 37.2 Å². The van der Waals surface area contributed by atoms with Crippen LogP contribution in [0.5, 0.6) is 40.2 Å². The number of aromatic nitrogens is 12. The van der Waals surface area contributed by atoms with Crippen molar-refractivity contribution in [3.05, 3.63) is 343 Å². The summed E-state index contributed by atoms with van der Waals surface area (Å²) in [5.41, 5.74) is 11.6. The van der Waals surface area contributed by atoms with E-state index in [0.29, 0.717) is 113 Å². The average molecular weight is 1950 g/mol. The first kappa shape index (κ1) is 112. The van der Waals surface area contributed by atoms with Crippen LogP contribution in [0.15, 0.2) is 226 Å². The Labute approximate surface area is 840 Å². The van der Waals surface area contributed by atoms with E-state index < -0.39 is 0 Å². The van der Waals surface area contributed by atoms with E-state index >= 15 is 0 Å². The number of rotatable bonds is 14. The Balaban J connectivity index is 0.000000206. The second kappa shape index (κ2) is 48.8. The number of aryl methyl sites for hydroxylation is 8. The van der Waals surface area contributed by atoms with Crippen LogP contribution in [0.25, 0.3) is 0 Å². The van der Waals surface area contributed by atoms with Gasteiger partial charge in [0.1, 0.15) is 51.9 Å². The summed E-state index contributed by atoms with van der Waals surface area (Å²) >= 11 is 0. The SMILES string of the molecule is CC(C)(C)c1cc(C(=O)Nc2ccccn2)cc(C(C)(C)C)c1O.CC(C)(C)c1cc(C(=O)Nc2cccnn2)cc(C(C)(C)C)c1O.CC(C)(C)c1cc(C(=O)Nc2ncccn2)cc(C(C)(C)C)c1O.Cc1cc(C(=O)Nc2ccccn2)cc(C)c1O.Cc1cc(C(=O)Nc2cccnn2)cc(C)c1O.Cc1cc(C(=O)Nc2cnccn2)cc(C)c1O.Cc1cc(C(=O)Nc2ncccn2)cc(C)c1O. The molecule has 33 nitrogen and oxygen atoms in total. The Morgan fingerprint density at radius 2 is 0.424 bits per heavy atom. The van der Waals surface area contributed by atoms with Gasteiger partial charge >= 0.3 is 0 Å². The number of anilines is 7. The zero-order chi connectivity index (χ0) is 107. The van der Waals surface area contributed by atoms with Crippen molar-refractivity contribution in [1.82, 2.24) is 60.3 Å². The maximum Gasteiger partial charge on any atom is 0.258 e. The van der Waals surface area contributed by atoms with Crippen molar-refractivity contribution >= 4 is 82.3 Å². The molecule has 0 bridgehead atoms. The Kier molecular flexibility index (Phi) is 38.1. The molecule has 7 aromatic heterocycles. The molecule has 0 aliphatic carbocycles. The van der Waals surface area contributed by atoms with Gasteiger partial charge in [-0.1, -0.05) is 137 Å². The lowest BCUT2D eigenvalue weighted by molar-refractivity contribution is 0.101. The maximum atomic E-state index is 12.7. The van der Waals surface area contributed by atoms with Crippen molar-refractivity contribution in [2.45, 2.75) is 213 Å². The van der Waals surface area contributed by atoms with Crippen molar-refractivity contribution in [3.8, 4) is 40.2 Å². The normalized spacial score (nSPS) is 11.1. The van der Waals surface area contributed by atoms with Gasteiger partial charge < -0.3 is 62.3 Å². The number of hydrogen-bond donors (Lipinski definition) is 14. The first-order valence-electron chi connectivity index (χ1n) is 46.0. The Bertz CT molecular complexity index is 5910. The van der Waals surface area contributed by atoms with Crippen molar-refractivity contribution in [1.29, 1.82) is 0 Å². The Morgan fingerprint density at radius 3 is 0.632 bits per heavy atom. The van der Waals surface area contributed by atoms with Crippen molar-refractivity contribution in [3.63, 3.8) is 0 Å². The topological polar surface area (TPSA) is 500 Å². The lowest BCUT2D eigenvalue weighted by Crippen LogP contribution is -2.21. The molecule has 0 saturated heterocycles. The minimum absolute atomic E-state index is 0.211. The smallest absolute Gasteiger partial charge is 0.258 e. The zero-order valence-electron chi connectivity index (χ0n) is 86.2. The van der Waals surface area contributed by atoms with Gasteiger partial charge in [0.25, 0.3) is 41.4 Å². The minimum Gasteiger partial charge on any atom is -0.507 e. The highest BCUT2D eigenvalue weighted by molar-refractivity contribution is 6.08. The molecule has 752 valence electrons. The number of carbonyl (C=O) groups excluding carboxylic acids is 7. The van der Waals surface area contributed by atoms with Gasteiger partial charge in [-0.3, -0.25) is 49.2 Å². The van der Waals surface area contributed by atoms with Gasteiger partial charge in [0.05, 0.1) is 6.20 Å². The van der Waals surface area contributed by atoms with E-state index in [4.69, 9.17) is 0 Å². The van der Waals surface area contributed by atoms with Crippen LogP contribution in [0, 0.1) is 55.4 Å². The average Bonchev–Trinajstić information content (AvgIpc) is 0.779. The summed E-state index contributed by atoms with van der Waals surface area (Å²) in [4.78, 5) is 118. The van der Waals surface area contributed by atoms with E-state index in [1.54, 1.807) is 250 Å². The molecule has 0 unspecified atom stereocenters. The molecule has 0 radical (unpaired) electrons. The van der Waals surface area contributed by atoms with E-state index in [2.05, 4.69) is 97.5 Å². The number of phenolic OH excluding ortho intramolecular Hbond substituents is 7. The Hall–Kier alpha value is -16.9. The summed E-state index contributed by atoms with van der Waals surface area (Å²) in [6, 6.07) is 44.4. The van der Waals surface area contributed by atoms with Gasteiger partial charge in [0, 0.05) is 134 Å². The molecule has 14 aromatic rings. The third-order valence-corrected chi connectivity index (χ3v) is 21.8. The number of benzene rings is 7. The number of hydrogen-bond acceptors (Lipinski definition) is 26. The van der Waals surface area contributed by atoms with Crippen LogP contribution < -0.4 is 37.2 Å². The van der Waals surface area contributed by atoms with Crippen molar-refractivity contribution in [2.24, 2.45) is 0 Å². The van der Waals surface area contributed by atoms with Crippen LogP contribution in [-0.4, -0.2) is 137 Å². The second-order valence-corrected chi connectivity index (χ2v) is 40.2. The largest absolute Gasteiger partial charge is 0.507 e. The van der Waals surface area contributed by atoms with E-state index in [-0.39, 0.29) is 126 Å². The molecule has 7 aromatic carbocycles. The van der Waals surface area contributed by atoms with Gasteiger partial charge in [-0.25, -0.2) is 34.9 Å². The summed E-state index contributed by atoms with van der Waals surface area (Å²) < 4.78 is 0. The van der Waals surface area contributed by atoms with Crippen molar-refractivity contribution < 1.29 is 69.3 Å². The standard InChI is InChI=1S/C20H26N2O2.2C19H25N3O2.C14H14N2O2.3C13H13N3O2/c1-19(2,3)14-11-13(12-15(17(14)23)20(4,5)6)18(24)22-16-9-7-8-10-21-16;1-18(2,3)13-10-12(11-14(15(13)23)19(4,5)6)16(24)22-17-20-8-7-9-21-17;1-18(2,3)13-10-12(11-14(16(13)23)19(4,5)6)17(24)21-15-8-7-9-20-22-15;1-9-7-11(8-10(2)13(9)17)14(18)16-12-5-3-4-6-15-12;1-8-5-10(6-9(2)12(8)17)13(18)16-11-7-14-3-4-15-11;1-8-6-10(7-9(2)11(8)17)12(18)16-13-14-4-3-5-15-13;1-8-6-10(7-9(2)12(8)17)13(18)15-11-4-3-5-14-16-11/h7-12,23H,1-6H3,(H,21,22,24);7-11,23H,1-6H3,(H,20,21,22,24);7-11,23H,1-6H3,(H,21,22,24);3-8,17H,1-2H3,(H,15,16,18);3-7,17H,1-2H3,(H,15,16,18);3-7,17H,1-2H3,(H,14,15,16,18);3-7,17H,1-2H3,(H,15,16,18). The van der Waals surface area contributed by atoms with Crippen LogP contribution in [0.4, 0.5) is 41.0 Å². The molecule has 144 heavy (non-hydrogen) atoms. The number of pyridine rings is 2. The fourth-order valence-corrected chi connectivity index (χ4v) is 14.1. The van der Waals surface area contributed by atoms with Gasteiger partial charge in [-0.15, -0.1) is 10.2 Å². The van der Waals surface area contributed by atoms with Crippen LogP contribution in [0.2, 0.25) is 0 Å². The van der Waals surface area contributed by atoms with E-state index in [9.17, 15) is 69.3 Å². The highest BCUT2D eigenvalue weighted by atomic mass is 16.3. The molecule has 0 saturated carbocycles. The van der Waals surface area contributed by atoms with E-state index in [0.717, 1.165) is 33.4 Å². The fraction of sp³-hybridized carbons (Fsp3) is 0.288. The third kappa shape index (κ3) is 32.6. The molecule has 33 heteroatoms. The molecule has 0 fully saturated rings. The highest BCUT2D eigenvalue weighted by Gasteiger charge is 2.33. The predicted molar refractivity (Wildman–Crippen MR) is 561 cm³/mol. The molecular formula is C111H129N19O14. The van der Waals surface area contributed by atoms with Gasteiger partial charge in [0.15, 0.2) is 17.5 Å². The molecule has 14 rings (SSSR count). The number of amides is 7. The number of nitrogens with zero attached hydrogens (tertiary/aromatic N) is 12. The monoisotopic (exact) mass is 1950 g/mol. The molecule has 14 N–H and O–H groups in total. The molecule has 0 aliphatic heterocycles. The Morgan fingerprint density at radius 1 is 0.215 bits per heavy atom.